The average Bonchev–Trinajstić information content (AvgIpc) is 3.26. The van der Waals surface area contributed by atoms with Crippen molar-refractivity contribution in [1.29, 1.82) is 0 Å². The van der Waals surface area contributed by atoms with Crippen LogP contribution >= 0.6 is 11.3 Å². The van der Waals surface area contributed by atoms with Crippen LogP contribution in [0.2, 0.25) is 0 Å². The number of thiophene rings is 1. The van der Waals surface area contributed by atoms with Gasteiger partial charge in [0.05, 0.1) is 34.3 Å². The number of carbonyl (C=O) groups is 1. The summed E-state index contributed by atoms with van der Waals surface area (Å²) in [5, 5.41) is 7.19. The third-order valence-electron chi connectivity index (χ3n) is 5.19. The van der Waals surface area contributed by atoms with Crippen molar-refractivity contribution in [3.05, 3.63) is 58.8 Å². The number of hydrogen-bond acceptors (Lipinski definition) is 7. The fourth-order valence-corrected chi connectivity index (χ4v) is 5.38. The fourth-order valence-electron chi connectivity index (χ4n) is 3.39. The maximum Gasteiger partial charge on any atom is 0.337 e. The van der Waals surface area contributed by atoms with Crippen molar-refractivity contribution < 1.29 is 17.9 Å². The van der Waals surface area contributed by atoms with Crippen LogP contribution in [0.3, 0.4) is 0 Å². The van der Waals surface area contributed by atoms with Gasteiger partial charge >= 0.3 is 5.97 Å². The summed E-state index contributed by atoms with van der Waals surface area (Å²) in [7, 11) is -2.28. The van der Waals surface area contributed by atoms with Crippen molar-refractivity contribution in [3.8, 4) is 11.1 Å². The maximum absolute atomic E-state index is 12.8. The van der Waals surface area contributed by atoms with E-state index >= 15 is 0 Å². The Morgan fingerprint density at radius 3 is 2.75 bits per heavy atom. The number of nitrogens with zero attached hydrogens (tertiary/aromatic N) is 1. The van der Waals surface area contributed by atoms with E-state index in [9.17, 15) is 13.2 Å². The highest BCUT2D eigenvalue weighted by Gasteiger charge is 2.28. The van der Waals surface area contributed by atoms with Crippen LogP contribution in [-0.4, -0.2) is 37.5 Å². The Hall–Kier alpha value is -3.21. The van der Waals surface area contributed by atoms with Gasteiger partial charge in [0.25, 0.3) is 0 Å². The molecular formula is C22H20N4O4S2. The summed E-state index contributed by atoms with van der Waals surface area (Å²) < 4.78 is 33.0. The molecule has 0 aliphatic heterocycles. The van der Waals surface area contributed by atoms with Gasteiger partial charge in [-0.05, 0) is 65.6 Å². The summed E-state index contributed by atoms with van der Waals surface area (Å²) in [6.07, 6.45) is 1.73. The number of benzene rings is 2. The van der Waals surface area contributed by atoms with E-state index in [1.54, 1.807) is 47.7 Å². The third-order valence-corrected chi connectivity index (χ3v) is 7.39. The molecule has 0 spiro atoms. The van der Waals surface area contributed by atoms with Crippen molar-refractivity contribution in [2.75, 3.05) is 12.4 Å². The predicted octanol–water partition coefficient (Wildman–Crippen LogP) is 4.26. The zero-order chi connectivity index (χ0) is 22.3. The molecule has 2 aromatic carbocycles. The monoisotopic (exact) mass is 468 g/mol. The molecule has 2 aromatic heterocycles. The van der Waals surface area contributed by atoms with Gasteiger partial charge in [-0.3, -0.25) is 0 Å². The minimum atomic E-state index is -3.61. The number of rotatable bonds is 7. The topological polar surface area (TPSA) is 113 Å². The Balaban J connectivity index is 1.53. The van der Waals surface area contributed by atoms with Gasteiger partial charge in [0.15, 0.2) is 0 Å². The lowest BCUT2D eigenvalue weighted by Crippen LogP contribution is -2.25. The van der Waals surface area contributed by atoms with Crippen LogP contribution < -0.4 is 10.0 Å². The molecule has 0 unspecified atom stereocenters. The van der Waals surface area contributed by atoms with Crippen molar-refractivity contribution in [2.24, 2.45) is 0 Å². The van der Waals surface area contributed by atoms with Crippen LogP contribution in [-0.2, 0) is 14.8 Å². The van der Waals surface area contributed by atoms with E-state index in [-0.39, 0.29) is 10.9 Å². The lowest BCUT2D eigenvalue weighted by atomic mass is 10.1. The molecule has 164 valence electrons. The highest BCUT2D eigenvalue weighted by atomic mass is 32.2. The Bertz CT molecular complexity index is 1410. The van der Waals surface area contributed by atoms with Crippen molar-refractivity contribution in [1.82, 2.24) is 14.7 Å². The molecule has 4 aromatic rings. The fraction of sp³-hybridized carbons (Fsp3) is 0.182. The molecule has 0 radical (unpaired) electrons. The largest absolute Gasteiger partial charge is 0.465 e. The van der Waals surface area contributed by atoms with Crippen molar-refractivity contribution in [2.45, 2.75) is 23.8 Å². The number of esters is 1. The number of aromatic nitrogens is 2. The van der Waals surface area contributed by atoms with Gasteiger partial charge in [-0.25, -0.2) is 22.9 Å². The minimum absolute atomic E-state index is 0.0207. The number of anilines is 2. The molecule has 3 N–H and O–H groups in total. The molecule has 5 rings (SSSR count). The van der Waals surface area contributed by atoms with Gasteiger partial charge < -0.3 is 15.0 Å². The van der Waals surface area contributed by atoms with Crippen molar-refractivity contribution in [3.63, 3.8) is 0 Å². The van der Waals surface area contributed by atoms with Gasteiger partial charge in [-0.2, -0.15) is 11.3 Å². The van der Waals surface area contributed by atoms with E-state index in [4.69, 9.17) is 4.74 Å². The molecule has 0 atom stereocenters. The number of imidazole rings is 1. The zero-order valence-electron chi connectivity index (χ0n) is 17.1. The standard InChI is InChI=1S/C22H20N4O4S2/c1-30-21(27)13-2-7-18-20(10-13)25-22(23-18)24-19-11-16(32(28,29)26-15-3-4-15)5-6-17(19)14-8-9-31-12-14/h2,5-12,15,26H,3-4H2,1H3,(H2,23,24,25). The molecule has 2 heterocycles. The second-order valence-electron chi connectivity index (χ2n) is 7.55. The maximum atomic E-state index is 12.8. The molecule has 1 saturated carbocycles. The summed E-state index contributed by atoms with van der Waals surface area (Å²) >= 11 is 1.56. The van der Waals surface area contributed by atoms with E-state index in [1.165, 1.54) is 7.11 Å². The third kappa shape index (κ3) is 4.12. The van der Waals surface area contributed by atoms with E-state index in [0.29, 0.717) is 28.2 Å². The van der Waals surface area contributed by atoms with Crippen LogP contribution in [0.15, 0.2) is 58.1 Å². The van der Waals surface area contributed by atoms with Gasteiger partial charge in [0.1, 0.15) is 0 Å². The smallest absolute Gasteiger partial charge is 0.337 e. The lowest BCUT2D eigenvalue weighted by molar-refractivity contribution is 0.0601. The quantitative estimate of drug-likeness (QED) is 0.349. The molecule has 32 heavy (non-hydrogen) atoms. The minimum Gasteiger partial charge on any atom is -0.465 e. The zero-order valence-corrected chi connectivity index (χ0v) is 18.7. The molecular weight excluding hydrogens is 448 g/mol. The molecule has 8 nitrogen and oxygen atoms in total. The Kier molecular flexibility index (Phi) is 5.20. The van der Waals surface area contributed by atoms with E-state index in [0.717, 1.165) is 24.0 Å². The van der Waals surface area contributed by atoms with E-state index in [2.05, 4.69) is 20.0 Å². The predicted molar refractivity (Wildman–Crippen MR) is 124 cm³/mol. The Morgan fingerprint density at radius 1 is 1.19 bits per heavy atom. The highest BCUT2D eigenvalue weighted by molar-refractivity contribution is 7.89. The number of methoxy groups -OCH3 is 1. The normalized spacial score (nSPS) is 13.9. The van der Waals surface area contributed by atoms with Gasteiger partial charge in [-0.15, -0.1) is 0 Å². The van der Waals surface area contributed by atoms with Crippen LogP contribution in [0, 0.1) is 0 Å². The average molecular weight is 469 g/mol. The summed E-state index contributed by atoms with van der Waals surface area (Å²) in [5.41, 5.74) is 4.17. The summed E-state index contributed by atoms with van der Waals surface area (Å²) in [4.78, 5) is 19.7. The number of ether oxygens (including phenoxy) is 1. The van der Waals surface area contributed by atoms with Gasteiger partial charge in [-0.1, -0.05) is 6.07 Å². The van der Waals surface area contributed by atoms with E-state index < -0.39 is 16.0 Å². The summed E-state index contributed by atoms with van der Waals surface area (Å²) in [5.74, 6) is 0.0000178. The molecule has 0 saturated heterocycles. The number of aromatic amines is 1. The number of carbonyl (C=O) groups excluding carboxylic acids is 1. The van der Waals surface area contributed by atoms with E-state index in [1.807, 2.05) is 16.8 Å². The number of sulfonamides is 1. The second kappa shape index (κ2) is 8.05. The first-order valence-corrected chi connectivity index (χ1v) is 12.4. The van der Waals surface area contributed by atoms with Crippen LogP contribution in [0.25, 0.3) is 22.2 Å². The van der Waals surface area contributed by atoms with Crippen LogP contribution in [0.5, 0.6) is 0 Å². The molecule has 0 bridgehead atoms. The van der Waals surface area contributed by atoms with Gasteiger partial charge in [0, 0.05) is 11.6 Å². The highest BCUT2D eigenvalue weighted by Crippen LogP contribution is 2.34. The summed E-state index contributed by atoms with van der Waals surface area (Å²) in [6.45, 7) is 0. The SMILES string of the molecule is COC(=O)c1ccc2nc(Nc3cc(S(=O)(=O)NC4CC4)ccc3-c3ccsc3)[nH]c2c1. The molecule has 1 aliphatic rings. The van der Waals surface area contributed by atoms with Crippen LogP contribution in [0.4, 0.5) is 11.6 Å². The number of fused-ring (bicyclic) bond motifs is 1. The first-order chi connectivity index (χ1) is 15.4. The molecule has 0 amide bonds. The van der Waals surface area contributed by atoms with Crippen molar-refractivity contribution >= 4 is 50.0 Å². The Labute approximate surface area is 188 Å². The molecule has 1 fully saturated rings. The lowest BCUT2D eigenvalue weighted by Gasteiger charge is -2.13. The number of H-pyrrole nitrogens is 1. The summed E-state index contributed by atoms with van der Waals surface area (Å²) in [6, 6.07) is 12.1. The Morgan fingerprint density at radius 2 is 2.03 bits per heavy atom. The second-order valence-corrected chi connectivity index (χ2v) is 10.0. The molecule has 10 heteroatoms. The number of nitrogens with one attached hydrogen (secondary N) is 3. The first kappa shape index (κ1) is 20.7. The van der Waals surface area contributed by atoms with Gasteiger partial charge in [0.2, 0.25) is 16.0 Å². The van der Waals surface area contributed by atoms with Crippen LogP contribution in [0.1, 0.15) is 23.2 Å². The number of hydrogen-bond donors (Lipinski definition) is 3. The first-order valence-electron chi connectivity index (χ1n) is 9.97. The molecule has 1 aliphatic carbocycles.